The van der Waals surface area contributed by atoms with Crippen LogP contribution in [0.4, 0.5) is 13.2 Å². The van der Waals surface area contributed by atoms with Crippen molar-refractivity contribution in [3.8, 4) is 0 Å². The number of hydrogen-bond acceptors (Lipinski definition) is 4. The van der Waals surface area contributed by atoms with Crippen LogP contribution in [0.2, 0.25) is 0 Å². The molecular formula is C13H17F3N6. The van der Waals surface area contributed by atoms with Crippen molar-refractivity contribution in [2.75, 3.05) is 6.54 Å². The van der Waals surface area contributed by atoms with E-state index in [0.717, 1.165) is 35.7 Å². The highest BCUT2D eigenvalue weighted by molar-refractivity contribution is 5.00. The van der Waals surface area contributed by atoms with E-state index >= 15 is 0 Å². The Morgan fingerprint density at radius 3 is 2.73 bits per heavy atom. The summed E-state index contributed by atoms with van der Waals surface area (Å²) in [5.41, 5.74) is 0. The number of nitrogens with zero attached hydrogens (tertiary/aromatic N) is 6. The largest absolute Gasteiger partial charge is 0.406 e. The molecular weight excluding hydrogens is 297 g/mol. The van der Waals surface area contributed by atoms with E-state index in [-0.39, 0.29) is 0 Å². The van der Waals surface area contributed by atoms with Crippen molar-refractivity contribution in [2.24, 2.45) is 0 Å². The zero-order valence-corrected chi connectivity index (χ0v) is 12.2. The van der Waals surface area contributed by atoms with E-state index in [2.05, 4.69) is 19.7 Å². The molecule has 9 heteroatoms. The van der Waals surface area contributed by atoms with E-state index in [9.17, 15) is 13.2 Å². The molecule has 0 spiro atoms. The van der Waals surface area contributed by atoms with E-state index < -0.39 is 12.7 Å². The fraction of sp³-hybridized carbons (Fsp3) is 0.615. The first-order valence-corrected chi connectivity index (χ1v) is 7.16. The summed E-state index contributed by atoms with van der Waals surface area (Å²) < 4.78 is 40.8. The SMILES string of the molecule is CCc1nnc2n1CCN(Cc1nccn1CC(F)(F)F)C2. The molecule has 0 N–H and O–H groups in total. The molecule has 3 heterocycles. The zero-order valence-electron chi connectivity index (χ0n) is 12.2. The maximum atomic E-state index is 12.5. The van der Waals surface area contributed by atoms with E-state index in [1.807, 2.05) is 11.8 Å². The van der Waals surface area contributed by atoms with Crippen LogP contribution in [0.5, 0.6) is 0 Å². The first-order valence-electron chi connectivity index (χ1n) is 7.16. The minimum atomic E-state index is -4.24. The minimum absolute atomic E-state index is 0.372. The van der Waals surface area contributed by atoms with Gasteiger partial charge in [0.2, 0.25) is 0 Å². The third-order valence-electron chi connectivity index (χ3n) is 3.74. The van der Waals surface area contributed by atoms with Crippen LogP contribution in [0.25, 0.3) is 0 Å². The lowest BCUT2D eigenvalue weighted by Gasteiger charge is -2.27. The Morgan fingerprint density at radius 2 is 2.00 bits per heavy atom. The van der Waals surface area contributed by atoms with Crippen molar-refractivity contribution in [3.05, 3.63) is 29.9 Å². The molecule has 0 radical (unpaired) electrons. The molecule has 0 fully saturated rings. The quantitative estimate of drug-likeness (QED) is 0.860. The normalized spacial score (nSPS) is 16.0. The van der Waals surface area contributed by atoms with Crippen LogP contribution in [0.15, 0.2) is 12.4 Å². The van der Waals surface area contributed by atoms with Gasteiger partial charge in [0.15, 0.2) is 0 Å². The number of aromatic nitrogens is 5. The molecule has 0 atom stereocenters. The standard InChI is InChI=1S/C13H17F3N6/c1-2-10-18-19-12-8-20(5-6-22(10)12)7-11-17-3-4-21(11)9-13(14,15)16/h3-4H,2,5-9H2,1H3. The molecule has 2 aromatic heterocycles. The van der Waals surface area contributed by atoms with E-state index in [0.29, 0.717) is 18.9 Å². The van der Waals surface area contributed by atoms with Gasteiger partial charge in [-0.2, -0.15) is 13.2 Å². The Hall–Kier alpha value is -1.90. The molecule has 0 saturated heterocycles. The molecule has 0 amide bonds. The highest BCUT2D eigenvalue weighted by Crippen LogP contribution is 2.20. The Labute approximate surface area is 125 Å². The number of rotatable bonds is 4. The molecule has 1 aliphatic heterocycles. The number of alkyl halides is 3. The lowest BCUT2D eigenvalue weighted by molar-refractivity contribution is -0.141. The first kappa shape index (κ1) is 15.0. The lowest BCUT2D eigenvalue weighted by atomic mass is 10.3. The third kappa shape index (κ3) is 3.13. The van der Waals surface area contributed by atoms with Crippen molar-refractivity contribution in [3.63, 3.8) is 0 Å². The number of imidazole rings is 1. The van der Waals surface area contributed by atoms with Crippen LogP contribution in [0.3, 0.4) is 0 Å². The third-order valence-corrected chi connectivity index (χ3v) is 3.74. The summed E-state index contributed by atoms with van der Waals surface area (Å²) in [6.45, 7) is 3.47. The van der Waals surface area contributed by atoms with Crippen LogP contribution in [-0.2, 0) is 32.6 Å². The molecule has 120 valence electrons. The average molecular weight is 314 g/mol. The van der Waals surface area contributed by atoms with Gasteiger partial charge < -0.3 is 9.13 Å². The lowest BCUT2D eigenvalue weighted by Crippen LogP contribution is -2.35. The summed E-state index contributed by atoms with van der Waals surface area (Å²) in [6.07, 6.45) is -0.649. The highest BCUT2D eigenvalue weighted by atomic mass is 19.4. The van der Waals surface area contributed by atoms with Gasteiger partial charge in [0.1, 0.15) is 24.0 Å². The molecule has 0 bridgehead atoms. The van der Waals surface area contributed by atoms with Gasteiger partial charge in [-0.3, -0.25) is 4.90 Å². The van der Waals surface area contributed by atoms with Crippen LogP contribution in [0, 0.1) is 0 Å². The fourth-order valence-electron chi connectivity index (χ4n) is 2.69. The molecule has 0 aliphatic carbocycles. The van der Waals surface area contributed by atoms with Crippen LogP contribution in [-0.4, -0.2) is 41.9 Å². The Kier molecular flexibility index (Phi) is 3.90. The molecule has 6 nitrogen and oxygen atoms in total. The second-order valence-electron chi connectivity index (χ2n) is 5.33. The molecule has 2 aromatic rings. The Bertz CT molecular complexity index is 644. The van der Waals surface area contributed by atoms with Crippen molar-refractivity contribution < 1.29 is 13.2 Å². The van der Waals surface area contributed by atoms with Crippen LogP contribution >= 0.6 is 0 Å². The van der Waals surface area contributed by atoms with E-state index in [1.54, 1.807) is 0 Å². The van der Waals surface area contributed by atoms with Crippen LogP contribution in [0.1, 0.15) is 24.4 Å². The van der Waals surface area contributed by atoms with Gasteiger partial charge in [-0.1, -0.05) is 6.92 Å². The van der Waals surface area contributed by atoms with Gasteiger partial charge in [-0.15, -0.1) is 10.2 Å². The molecule has 22 heavy (non-hydrogen) atoms. The van der Waals surface area contributed by atoms with Gasteiger partial charge in [0.25, 0.3) is 0 Å². The maximum Gasteiger partial charge on any atom is 0.406 e. The summed E-state index contributed by atoms with van der Waals surface area (Å²) in [5.74, 6) is 2.23. The summed E-state index contributed by atoms with van der Waals surface area (Å²) >= 11 is 0. The van der Waals surface area contributed by atoms with Gasteiger partial charge in [0.05, 0.1) is 13.1 Å². The van der Waals surface area contributed by atoms with Gasteiger partial charge >= 0.3 is 6.18 Å². The molecule has 0 unspecified atom stereocenters. The Balaban J connectivity index is 1.69. The smallest absolute Gasteiger partial charge is 0.325 e. The number of fused-ring (bicyclic) bond motifs is 1. The van der Waals surface area contributed by atoms with E-state index in [1.165, 1.54) is 12.4 Å². The van der Waals surface area contributed by atoms with Crippen molar-refractivity contribution >= 4 is 0 Å². The van der Waals surface area contributed by atoms with Gasteiger partial charge in [-0.25, -0.2) is 4.98 Å². The zero-order chi connectivity index (χ0) is 15.7. The van der Waals surface area contributed by atoms with Crippen LogP contribution < -0.4 is 0 Å². The molecule has 0 aromatic carbocycles. The number of aryl methyl sites for hydroxylation is 1. The predicted molar refractivity (Wildman–Crippen MR) is 71.8 cm³/mol. The summed E-state index contributed by atoms with van der Waals surface area (Å²) in [5, 5.41) is 8.28. The number of hydrogen-bond donors (Lipinski definition) is 0. The molecule has 3 rings (SSSR count). The predicted octanol–water partition coefficient (Wildman–Crippen LogP) is 1.62. The van der Waals surface area contributed by atoms with Crippen molar-refractivity contribution in [2.45, 2.75) is 45.7 Å². The maximum absolute atomic E-state index is 12.5. The topological polar surface area (TPSA) is 51.8 Å². The van der Waals surface area contributed by atoms with Crippen molar-refractivity contribution in [1.82, 2.24) is 29.2 Å². The van der Waals surface area contributed by atoms with Gasteiger partial charge in [0, 0.05) is 31.9 Å². The molecule has 1 aliphatic rings. The second-order valence-corrected chi connectivity index (χ2v) is 5.33. The van der Waals surface area contributed by atoms with Crippen molar-refractivity contribution in [1.29, 1.82) is 0 Å². The average Bonchev–Trinajstić information content (AvgIpc) is 3.04. The number of halogens is 3. The van der Waals surface area contributed by atoms with Gasteiger partial charge in [-0.05, 0) is 0 Å². The van der Waals surface area contributed by atoms with E-state index in [4.69, 9.17) is 0 Å². The first-order chi connectivity index (χ1) is 10.5. The fourth-order valence-corrected chi connectivity index (χ4v) is 2.69. The minimum Gasteiger partial charge on any atom is -0.325 e. The Morgan fingerprint density at radius 1 is 1.18 bits per heavy atom. The summed E-state index contributed by atoms with van der Waals surface area (Å²) in [7, 11) is 0. The molecule has 0 saturated carbocycles. The summed E-state index contributed by atoms with van der Waals surface area (Å²) in [6, 6.07) is 0. The second kappa shape index (κ2) is 5.71. The monoisotopic (exact) mass is 314 g/mol. The highest BCUT2D eigenvalue weighted by Gasteiger charge is 2.29. The summed E-state index contributed by atoms with van der Waals surface area (Å²) in [4.78, 5) is 6.09.